The van der Waals surface area contributed by atoms with Crippen LogP contribution in [0.15, 0.2) is 54.6 Å². The molecule has 1 aliphatic heterocycles. The van der Waals surface area contributed by atoms with E-state index in [1.165, 1.54) is 18.4 Å². The zero-order chi connectivity index (χ0) is 26.1. The molecule has 1 N–H and O–H groups in total. The first-order chi connectivity index (χ1) is 17.9. The van der Waals surface area contributed by atoms with Crippen LogP contribution in [0.5, 0.6) is 5.75 Å². The van der Waals surface area contributed by atoms with Crippen molar-refractivity contribution in [1.82, 2.24) is 15.1 Å². The van der Waals surface area contributed by atoms with Crippen LogP contribution in [0, 0.1) is 11.3 Å². The maximum atomic E-state index is 13.3. The molecule has 4 rings (SSSR count). The molecule has 0 bridgehead atoms. The molecule has 37 heavy (non-hydrogen) atoms. The average molecular weight is 508 g/mol. The minimum absolute atomic E-state index is 0.155. The van der Waals surface area contributed by atoms with Crippen molar-refractivity contribution in [3.05, 3.63) is 65.7 Å². The van der Waals surface area contributed by atoms with E-state index in [0.717, 1.165) is 69.9 Å². The molecule has 2 aliphatic rings. The highest BCUT2D eigenvalue weighted by Gasteiger charge is 2.46. The quantitative estimate of drug-likeness (QED) is 0.352. The van der Waals surface area contributed by atoms with E-state index in [1.54, 1.807) is 0 Å². The number of piperidine rings is 1. The maximum Gasteiger partial charge on any atom is 0.410 e. The molecule has 1 saturated carbocycles. The number of nitrogens with one attached hydrogen (secondary N) is 1. The Hall–Kier alpha value is -2.57. The summed E-state index contributed by atoms with van der Waals surface area (Å²) in [5.41, 5.74) is 2.51. The molecule has 0 aromatic heterocycles. The van der Waals surface area contributed by atoms with Crippen LogP contribution in [0.2, 0.25) is 0 Å². The van der Waals surface area contributed by atoms with Crippen LogP contribution in [0.3, 0.4) is 0 Å². The molecule has 202 valence electrons. The number of benzene rings is 2. The van der Waals surface area contributed by atoms with Gasteiger partial charge in [-0.25, -0.2) is 4.79 Å². The van der Waals surface area contributed by atoms with Crippen molar-refractivity contribution in [2.24, 2.45) is 11.3 Å². The summed E-state index contributed by atoms with van der Waals surface area (Å²) in [4.78, 5) is 17.7. The van der Waals surface area contributed by atoms with Gasteiger partial charge in [0.25, 0.3) is 0 Å². The van der Waals surface area contributed by atoms with E-state index in [2.05, 4.69) is 60.3 Å². The molecule has 1 saturated heterocycles. The first-order valence-electron chi connectivity index (χ1n) is 14.0. The van der Waals surface area contributed by atoms with Gasteiger partial charge in [0, 0.05) is 19.1 Å². The predicted molar refractivity (Wildman–Crippen MR) is 149 cm³/mol. The number of nitrogens with zero attached hydrogens (tertiary/aromatic N) is 2. The second-order valence-corrected chi connectivity index (χ2v) is 11.5. The minimum Gasteiger partial charge on any atom is -0.493 e. The van der Waals surface area contributed by atoms with Gasteiger partial charge in [-0.2, -0.15) is 0 Å². The molecule has 0 unspecified atom stereocenters. The highest BCUT2D eigenvalue weighted by molar-refractivity contribution is 5.68. The second kappa shape index (κ2) is 13.3. The molecule has 0 spiro atoms. The number of hydrogen-bond acceptors (Lipinski definition) is 5. The van der Waals surface area contributed by atoms with Gasteiger partial charge >= 0.3 is 6.09 Å². The van der Waals surface area contributed by atoms with Gasteiger partial charge in [-0.1, -0.05) is 56.3 Å². The Labute approximate surface area is 223 Å². The lowest BCUT2D eigenvalue weighted by molar-refractivity contribution is 0.0531. The Morgan fingerprint density at radius 3 is 2.41 bits per heavy atom. The van der Waals surface area contributed by atoms with Crippen LogP contribution in [0.25, 0.3) is 0 Å². The predicted octanol–water partition coefficient (Wildman–Crippen LogP) is 5.71. The summed E-state index contributed by atoms with van der Waals surface area (Å²) in [5.74, 6) is 1.46. The fourth-order valence-electron chi connectivity index (χ4n) is 5.03. The Kier molecular flexibility index (Phi) is 9.87. The number of rotatable bonds is 13. The summed E-state index contributed by atoms with van der Waals surface area (Å²) in [6.45, 7) is 10.1. The van der Waals surface area contributed by atoms with Gasteiger partial charge in [-0.3, -0.25) is 0 Å². The monoisotopic (exact) mass is 507 g/mol. The zero-order valence-electron chi connectivity index (χ0n) is 23.0. The third kappa shape index (κ3) is 8.75. The summed E-state index contributed by atoms with van der Waals surface area (Å²) < 4.78 is 11.6. The van der Waals surface area contributed by atoms with Gasteiger partial charge in [-0.05, 0) is 93.4 Å². The fourth-order valence-corrected chi connectivity index (χ4v) is 5.03. The molecule has 6 nitrogen and oxygen atoms in total. The summed E-state index contributed by atoms with van der Waals surface area (Å²) in [6, 6.07) is 18.6. The maximum absolute atomic E-state index is 13.3. The van der Waals surface area contributed by atoms with E-state index >= 15 is 0 Å². The van der Waals surface area contributed by atoms with Crippen LogP contribution < -0.4 is 10.1 Å². The van der Waals surface area contributed by atoms with E-state index in [0.29, 0.717) is 12.5 Å². The normalized spacial score (nSPS) is 17.5. The lowest BCUT2D eigenvalue weighted by Crippen LogP contribution is -2.49. The van der Waals surface area contributed by atoms with Crippen LogP contribution in [-0.2, 0) is 17.9 Å². The van der Waals surface area contributed by atoms with E-state index in [4.69, 9.17) is 9.47 Å². The standard InChI is InChI=1S/C31H45N3O3/c1-25(2)22-36-29-11-9-26(10-12-29)21-32-18-17-31(15-16-31)24-34(28-13-19-33(3)20-14-28)30(35)37-23-27-7-5-4-6-8-27/h4-12,25,28,32H,13-24H2,1-3H3. The first-order valence-corrected chi connectivity index (χ1v) is 14.0. The van der Waals surface area contributed by atoms with Crippen LogP contribution in [0.4, 0.5) is 4.79 Å². The molecule has 2 fully saturated rings. The highest BCUT2D eigenvalue weighted by atomic mass is 16.6. The largest absolute Gasteiger partial charge is 0.493 e. The number of ether oxygens (including phenoxy) is 2. The van der Waals surface area contributed by atoms with Gasteiger partial charge in [0.2, 0.25) is 0 Å². The Morgan fingerprint density at radius 2 is 1.76 bits per heavy atom. The van der Waals surface area contributed by atoms with Crippen molar-refractivity contribution < 1.29 is 14.3 Å². The minimum atomic E-state index is -0.155. The molecule has 0 radical (unpaired) electrons. The summed E-state index contributed by atoms with van der Waals surface area (Å²) >= 11 is 0. The lowest BCUT2D eigenvalue weighted by atomic mass is 9.98. The molecule has 0 atom stereocenters. The Bertz CT molecular complexity index is 951. The van der Waals surface area contributed by atoms with Crippen molar-refractivity contribution in [2.75, 3.05) is 39.8 Å². The van der Waals surface area contributed by atoms with Crippen LogP contribution >= 0.6 is 0 Å². The number of hydrogen-bond donors (Lipinski definition) is 1. The number of likely N-dealkylation sites (tertiary alicyclic amines) is 1. The van der Waals surface area contributed by atoms with E-state index in [1.807, 2.05) is 30.3 Å². The molecule has 2 aromatic rings. The number of carbonyl (C=O) groups excluding carboxylic acids is 1. The van der Waals surface area contributed by atoms with Crippen molar-refractivity contribution in [1.29, 1.82) is 0 Å². The summed E-state index contributed by atoms with van der Waals surface area (Å²) in [6.07, 6.45) is 5.33. The molecule has 2 aromatic carbocycles. The second-order valence-electron chi connectivity index (χ2n) is 11.5. The van der Waals surface area contributed by atoms with E-state index in [9.17, 15) is 4.79 Å². The number of carbonyl (C=O) groups is 1. The molecular formula is C31H45N3O3. The molecule has 1 heterocycles. The summed E-state index contributed by atoms with van der Waals surface area (Å²) in [7, 11) is 2.16. The van der Waals surface area contributed by atoms with Crippen molar-refractivity contribution >= 4 is 6.09 Å². The van der Waals surface area contributed by atoms with Crippen LogP contribution in [-0.4, -0.2) is 61.8 Å². The van der Waals surface area contributed by atoms with Gasteiger partial charge in [-0.15, -0.1) is 0 Å². The summed E-state index contributed by atoms with van der Waals surface area (Å²) in [5, 5.41) is 3.62. The van der Waals surface area contributed by atoms with Crippen molar-refractivity contribution in [2.45, 2.75) is 65.1 Å². The van der Waals surface area contributed by atoms with Gasteiger partial charge < -0.3 is 24.6 Å². The van der Waals surface area contributed by atoms with Gasteiger partial charge in [0.15, 0.2) is 0 Å². The molecule has 1 amide bonds. The third-order valence-electron chi connectivity index (χ3n) is 7.70. The van der Waals surface area contributed by atoms with E-state index in [-0.39, 0.29) is 17.6 Å². The first kappa shape index (κ1) is 27.5. The Balaban J connectivity index is 1.26. The molecule has 1 aliphatic carbocycles. The average Bonchev–Trinajstić information content (AvgIpc) is 3.68. The van der Waals surface area contributed by atoms with Crippen molar-refractivity contribution in [3.63, 3.8) is 0 Å². The fraction of sp³-hybridized carbons (Fsp3) is 0.581. The van der Waals surface area contributed by atoms with Gasteiger partial charge in [0.1, 0.15) is 12.4 Å². The smallest absolute Gasteiger partial charge is 0.410 e. The number of amides is 1. The van der Waals surface area contributed by atoms with Gasteiger partial charge in [0.05, 0.1) is 6.61 Å². The van der Waals surface area contributed by atoms with E-state index < -0.39 is 0 Å². The topological polar surface area (TPSA) is 54.0 Å². The third-order valence-corrected chi connectivity index (χ3v) is 7.70. The van der Waals surface area contributed by atoms with Crippen LogP contribution in [0.1, 0.15) is 57.1 Å². The lowest BCUT2D eigenvalue weighted by Gasteiger charge is -2.38. The highest BCUT2D eigenvalue weighted by Crippen LogP contribution is 2.49. The molecule has 6 heteroatoms. The molecular weight excluding hydrogens is 462 g/mol. The Morgan fingerprint density at radius 1 is 1.05 bits per heavy atom. The zero-order valence-corrected chi connectivity index (χ0v) is 23.0. The van der Waals surface area contributed by atoms with Crippen molar-refractivity contribution in [3.8, 4) is 5.75 Å². The SMILES string of the molecule is CC(C)COc1ccc(CNCCC2(CN(C(=O)OCc3ccccc3)C3CCN(C)CC3)CC2)cc1.